The Morgan fingerprint density at radius 3 is 2.70 bits per heavy atom. The minimum absolute atomic E-state index is 0.172. The highest BCUT2D eigenvalue weighted by molar-refractivity contribution is 5.72. The zero-order valence-corrected chi connectivity index (χ0v) is 12.8. The molecule has 2 atom stereocenters. The van der Waals surface area contributed by atoms with Gasteiger partial charge in [0, 0.05) is 18.3 Å². The minimum Gasteiger partial charge on any atom is -0.491 e. The molecular weight excluding hydrogens is 254 g/mol. The smallest absolute Gasteiger partial charge is 0.310 e. The Hall–Kier alpha value is -1.71. The van der Waals surface area contributed by atoms with Crippen molar-refractivity contribution in [3.63, 3.8) is 0 Å². The highest BCUT2D eigenvalue weighted by Crippen LogP contribution is 2.19. The zero-order valence-electron chi connectivity index (χ0n) is 12.8. The van der Waals surface area contributed by atoms with Crippen LogP contribution in [0.4, 0.5) is 5.69 Å². The summed E-state index contributed by atoms with van der Waals surface area (Å²) in [5.74, 6) is 0.495. The van der Waals surface area contributed by atoms with Crippen LogP contribution in [0.3, 0.4) is 0 Å². The van der Waals surface area contributed by atoms with Crippen molar-refractivity contribution in [1.82, 2.24) is 0 Å². The number of ether oxygens (including phenoxy) is 2. The lowest BCUT2D eigenvalue weighted by Crippen LogP contribution is -2.22. The summed E-state index contributed by atoms with van der Waals surface area (Å²) in [5, 5.41) is 3.23. The van der Waals surface area contributed by atoms with Gasteiger partial charge in [0.25, 0.3) is 0 Å². The van der Waals surface area contributed by atoms with Gasteiger partial charge in [0.2, 0.25) is 0 Å². The third kappa shape index (κ3) is 5.51. The number of nitrogens with one attached hydrogen (secondary N) is 1. The van der Waals surface area contributed by atoms with E-state index in [1.807, 2.05) is 45.0 Å². The maximum atomic E-state index is 11.5. The van der Waals surface area contributed by atoms with E-state index >= 15 is 0 Å². The van der Waals surface area contributed by atoms with Crippen molar-refractivity contribution in [3.05, 3.63) is 24.3 Å². The minimum atomic E-state index is -0.174. The Morgan fingerprint density at radius 2 is 2.05 bits per heavy atom. The van der Waals surface area contributed by atoms with Crippen molar-refractivity contribution < 1.29 is 14.3 Å². The number of hydrogen-bond acceptors (Lipinski definition) is 4. The molecule has 0 aliphatic carbocycles. The largest absolute Gasteiger partial charge is 0.491 e. The molecule has 1 N–H and O–H groups in total. The first-order valence-corrected chi connectivity index (χ1v) is 7.24. The molecule has 1 aromatic rings. The van der Waals surface area contributed by atoms with Gasteiger partial charge in [0.05, 0.1) is 18.6 Å². The predicted molar refractivity (Wildman–Crippen MR) is 81.1 cm³/mol. The molecule has 1 aromatic carbocycles. The molecular formula is C16H25NO3. The van der Waals surface area contributed by atoms with Gasteiger partial charge in [-0.25, -0.2) is 0 Å². The normalized spacial score (nSPS) is 13.4. The van der Waals surface area contributed by atoms with Crippen molar-refractivity contribution >= 4 is 11.7 Å². The summed E-state index contributed by atoms with van der Waals surface area (Å²) in [4.78, 5) is 11.5. The van der Waals surface area contributed by atoms with E-state index < -0.39 is 0 Å². The second-order valence-electron chi connectivity index (χ2n) is 4.90. The van der Waals surface area contributed by atoms with Gasteiger partial charge >= 0.3 is 5.97 Å². The van der Waals surface area contributed by atoms with Gasteiger partial charge < -0.3 is 14.8 Å². The lowest BCUT2D eigenvalue weighted by atomic mass is 10.2. The van der Waals surface area contributed by atoms with Crippen LogP contribution in [0.25, 0.3) is 0 Å². The first-order chi connectivity index (χ1) is 9.56. The predicted octanol–water partition coefficient (Wildman–Crippen LogP) is 3.48. The van der Waals surface area contributed by atoms with Crippen LogP contribution < -0.4 is 10.1 Å². The summed E-state index contributed by atoms with van der Waals surface area (Å²) < 4.78 is 10.7. The van der Waals surface area contributed by atoms with Gasteiger partial charge in [-0.2, -0.15) is 0 Å². The molecule has 0 amide bonds. The van der Waals surface area contributed by atoms with Gasteiger partial charge in [-0.1, -0.05) is 19.9 Å². The van der Waals surface area contributed by atoms with Crippen LogP contribution in [0.15, 0.2) is 24.3 Å². The molecule has 20 heavy (non-hydrogen) atoms. The Bertz CT molecular complexity index is 420. The molecule has 0 aliphatic heterocycles. The monoisotopic (exact) mass is 279 g/mol. The van der Waals surface area contributed by atoms with Crippen molar-refractivity contribution in [3.8, 4) is 5.75 Å². The van der Waals surface area contributed by atoms with E-state index in [4.69, 9.17) is 9.47 Å². The lowest BCUT2D eigenvalue weighted by molar-refractivity contribution is -0.146. The maximum absolute atomic E-state index is 11.5. The molecule has 0 aliphatic rings. The molecule has 0 radical (unpaired) electrons. The Kier molecular flexibility index (Phi) is 6.91. The van der Waals surface area contributed by atoms with Gasteiger partial charge in [0.15, 0.2) is 0 Å². The summed E-state index contributed by atoms with van der Waals surface area (Å²) in [6.45, 7) is 8.77. The fraction of sp³-hybridized carbons (Fsp3) is 0.562. The van der Waals surface area contributed by atoms with Crippen molar-refractivity contribution in [1.29, 1.82) is 0 Å². The molecule has 4 heteroatoms. The Labute approximate surface area is 121 Å². The third-order valence-corrected chi connectivity index (χ3v) is 3.05. The van der Waals surface area contributed by atoms with Crippen LogP contribution >= 0.6 is 0 Å². The molecule has 0 saturated heterocycles. The van der Waals surface area contributed by atoms with Crippen molar-refractivity contribution in [2.45, 2.75) is 40.2 Å². The van der Waals surface area contributed by atoms with E-state index in [9.17, 15) is 4.79 Å². The van der Waals surface area contributed by atoms with E-state index in [1.165, 1.54) is 0 Å². The number of carbonyl (C=O) groups is 1. The zero-order chi connectivity index (χ0) is 15.0. The van der Waals surface area contributed by atoms with E-state index in [2.05, 4.69) is 12.2 Å². The molecule has 0 spiro atoms. The van der Waals surface area contributed by atoms with E-state index in [-0.39, 0.29) is 18.0 Å². The van der Waals surface area contributed by atoms with E-state index in [0.29, 0.717) is 13.2 Å². The topological polar surface area (TPSA) is 47.6 Å². The quantitative estimate of drug-likeness (QED) is 0.740. The van der Waals surface area contributed by atoms with Crippen molar-refractivity contribution in [2.24, 2.45) is 5.92 Å². The SMILES string of the molecule is CCOC(=O)C(C)CNc1cccc(OC(C)CC)c1. The average molecular weight is 279 g/mol. The number of esters is 1. The summed E-state index contributed by atoms with van der Waals surface area (Å²) >= 11 is 0. The van der Waals surface area contributed by atoms with Crippen LogP contribution in [0.1, 0.15) is 34.1 Å². The summed E-state index contributed by atoms with van der Waals surface area (Å²) in [6.07, 6.45) is 1.17. The summed E-state index contributed by atoms with van der Waals surface area (Å²) in [5.41, 5.74) is 0.946. The van der Waals surface area contributed by atoms with Crippen molar-refractivity contribution in [2.75, 3.05) is 18.5 Å². The molecule has 4 nitrogen and oxygen atoms in total. The molecule has 2 unspecified atom stereocenters. The van der Waals surface area contributed by atoms with Crippen LogP contribution in [0.2, 0.25) is 0 Å². The highest BCUT2D eigenvalue weighted by atomic mass is 16.5. The lowest BCUT2D eigenvalue weighted by Gasteiger charge is -2.15. The molecule has 0 saturated carbocycles. The molecule has 112 valence electrons. The molecule has 0 heterocycles. The number of rotatable bonds is 8. The summed E-state index contributed by atoms with van der Waals surface area (Å²) in [6, 6.07) is 7.78. The second-order valence-corrected chi connectivity index (χ2v) is 4.90. The number of anilines is 1. The van der Waals surface area contributed by atoms with Gasteiger partial charge in [-0.15, -0.1) is 0 Å². The van der Waals surface area contributed by atoms with Crippen LogP contribution in [0, 0.1) is 5.92 Å². The first kappa shape index (κ1) is 16.3. The number of hydrogen-bond donors (Lipinski definition) is 1. The van der Waals surface area contributed by atoms with E-state index in [1.54, 1.807) is 0 Å². The Morgan fingerprint density at radius 1 is 1.30 bits per heavy atom. The maximum Gasteiger partial charge on any atom is 0.310 e. The molecule has 1 rings (SSSR count). The third-order valence-electron chi connectivity index (χ3n) is 3.05. The molecule has 0 fully saturated rings. The molecule has 0 aromatic heterocycles. The average Bonchev–Trinajstić information content (AvgIpc) is 2.45. The fourth-order valence-electron chi connectivity index (χ4n) is 1.63. The highest BCUT2D eigenvalue weighted by Gasteiger charge is 2.13. The second kappa shape index (κ2) is 8.46. The molecule has 0 bridgehead atoms. The standard InChI is InChI=1S/C16H25NO3/c1-5-13(4)20-15-9-7-8-14(10-15)17-11-12(3)16(18)19-6-2/h7-10,12-13,17H,5-6,11H2,1-4H3. The van der Waals surface area contributed by atoms with Gasteiger partial charge in [-0.3, -0.25) is 4.79 Å². The first-order valence-electron chi connectivity index (χ1n) is 7.24. The van der Waals surface area contributed by atoms with Gasteiger partial charge in [-0.05, 0) is 32.4 Å². The fourth-order valence-corrected chi connectivity index (χ4v) is 1.63. The Balaban J connectivity index is 2.51. The van der Waals surface area contributed by atoms with Crippen LogP contribution in [-0.4, -0.2) is 25.2 Å². The number of benzene rings is 1. The van der Waals surface area contributed by atoms with E-state index in [0.717, 1.165) is 17.9 Å². The summed E-state index contributed by atoms with van der Waals surface area (Å²) in [7, 11) is 0. The van der Waals surface area contributed by atoms with Crippen LogP contribution in [0.5, 0.6) is 5.75 Å². The van der Waals surface area contributed by atoms with Gasteiger partial charge in [0.1, 0.15) is 5.75 Å². The number of carbonyl (C=O) groups excluding carboxylic acids is 1. The van der Waals surface area contributed by atoms with Crippen LogP contribution in [-0.2, 0) is 9.53 Å².